The van der Waals surface area contributed by atoms with Crippen LogP contribution in [0.2, 0.25) is 0 Å². The van der Waals surface area contributed by atoms with Crippen LogP contribution in [0.25, 0.3) is 28.1 Å². The lowest BCUT2D eigenvalue weighted by Crippen LogP contribution is -2.12. The van der Waals surface area contributed by atoms with Crippen molar-refractivity contribution in [2.24, 2.45) is 0 Å². The molecular weight excluding hydrogens is 224 g/mol. The van der Waals surface area contributed by atoms with E-state index in [2.05, 4.69) is 26.5 Å². The zero-order valence-electron chi connectivity index (χ0n) is 10.5. The van der Waals surface area contributed by atoms with E-state index in [0.29, 0.717) is 16.7 Å². The highest BCUT2D eigenvalue weighted by atomic mass is 16.4. The van der Waals surface area contributed by atoms with Gasteiger partial charge in [0.2, 0.25) is 0 Å². The van der Waals surface area contributed by atoms with Gasteiger partial charge in [-0.25, -0.2) is 4.79 Å². The molecule has 3 rings (SSSR count). The monoisotopic (exact) mass is 238 g/mol. The molecule has 1 aromatic heterocycles. The van der Waals surface area contributed by atoms with E-state index in [-0.39, 0.29) is 5.63 Å². The lowest BCUT2D eigenvalue weighted by Gasteiger charge is -2.12. The fourth-order valence-corrected chi connectivity index (χ4v) is 2.56. The van der Waals surface area contributed by atoms with Crippen LogP contribution in [0, 0.1) is 0 Å². The van der Waals surface area contributed by atoms with Crippen LogP contribution in [-0.2, 0) is 0 Å². The SMILES string of the molecule is C=c1oc(=O)c2ccc(C(C)C)c3cccc1c32. The van der Waals surface area contributed by atoms with Gasteiger partial charge in [0, 0.05) is 10.8 Å². The second kappa shape index (κ2) is 3.70. The van der Waals surface area contributed by atoms with E-state index in [1.165, 1.54) is 5.56 Å². The molecule has 3 aromatic rings. The summed E-state index contributed by atoms with van der Waals surface area (Å²) in [7, 11) is 0. The molecule has 0 amide bonds. The summed E-state index contributed by atoms with van der Waals surface area (Å²) in [5.41, 5.74) is 1.39. The van der Waals surface area contributed by atoms with E-state index in [1.807, 2.05) is 24.3 Å². The van der Waals surface area contributed by atoms with Gasteiger partial charge in [-0.3, -0.25) is 0 Å². The third kappa shape index (κ3) is 1.39. The van der Waals surface area contributed by atoms with E-state index < -0.39 is 0 Å². The number of rotatable bonds is 1. The Hall–Kier alpha value is -2.09. The van der Waals surface area contributed by atoms with E-state index in [4.69, 9.17) is 4.42 Å². The largest absolute Gasteiger partial charge is 0.423 e. The Bertz CT molecular complexity index is 811. The maximum Gasteiger partial charge on any atom is 0.344 e. The van der Waals surface area contributed by atoms with Gasteiger partial charge in [-0.2, -0.15) is 0 Å². The molecule has 0 spiro atoms. The quantitative estimate of drug-likeness (QED) is 0.651. The third-order valence-corrected chi connectivity index (χ3v) is 3.43. The first-order valence-electron chi connectivity index (χ1n) is 6.06. The number of hydrogen-bond acceptors (Lipinski definition) is 2. The summed E-state index contributed by atoms with van der Waals surface area (Å²) in [5, 5.41) is 3.66. The van der Waals surface area contributed by atoms with Crippen molar-refractivity contribution in [1.29, 1.82) is 0 Å². The lowest BCUT2D eigenvalue weighted by atomic mass is 9.93. The minimum atomic E-state index is -0.306. The molecule has 0 radical (unpaired) electrons. The minimum absolute atomic E-state index is 0.306. The van der Waals surface area contributed by atoms with Gasteiger partial charge in [0.1, 0.15) is 5.42 Å². The molecule has 0 fully saturated rings. The first-order chi connectivity index (χ1) is 8.59. The molecule has 0 N–H and O–H groups in total. The van der Waals surface area contributed by atoms with Crippen LogP contribution in [0.5, 0.6) is 0 Å². The van der Waals surface area contributed by atoms with Gasteiger partial charge in [0.05, 0.1) is 5.39 Å². The van der Waals surface area contributed by atoms with Crippen molar-refractivity contribution in [2.75, 3.05) is 0 Å². The average molecular weight is 238 g/mol. The summed E-state index contributed by atoms with van der Waals surface area (Å²) in [6.07, 6.45) is 0. The molecule has 90 valence electrons. The molecule has 0 aliphatic heterocycles. The molecule has 0 saturated heterocycles. The zero-order valence-corrected chi connectivity index (χ0v) is 10.5. The maximum atomic E-state index is 11.9. The summed E-state index contributed by atoms with van der Waals surface area (Å²) >= 11 is 0. The highest BCUT2D eigenvalue weighted by Gasteiger charge is 2.12. The van der Waals surface area contributed by atoms with Crippen LogP contribution in [0.3, 0.4) is 0 Å². The highest BCUT2D eigenvalue weighted by molar-refractivity contribution is 6.10. The normalized spacial score (nSPS) is 11.7. The van der Waals surface area contributed by atoms with E-state index in [9.17, 15) is 4.79 Å². The summed E-state index contributed by atoms with van der Waals surface area (Å²) in [6, 6.07) is 9.86. The van der Waals surface area contributed by atoms with Crippen LogP contribution < -0.4 is 11.0 Å². The second-order valence-electron chi connectivity index (χ2n) is 4.90. The summed E-state index contributed by atoms with van der Waals surface area (Å²) < 4.78 is 5.17. The number of hydrogen-bond donors (Lipinski definition) is 0. The molecule has 0 atom stereocenters. The summed E-state index contributed by atoms with van der Waals surface area (Å²) in [5.74, 6) is 0.417. The van der Waals surface area contributed by atoms with Crippen molar-refractivity contribution >= 4 is 28.1 Å². The molecule has 0 aliphatic rings. The minimum Gasteiger partial charge on any atom is -0.423 e. The van der Waals surface area contributed by atoms with Gasteiger partial charge >= 0.3 is 5.63 Å². The van der Waals surface area contributed by atoms with Crippen LogP contribution in [0.15, 0.2) is 39.5 Å². The first kappa shape index (κ1) is 11.0. The molecule has 0 unspecified atom stereocenters. The molecule has 2 nitrogen and oxygen atoms in total. The Morgan fingerprint density at radius 3 is 2.50 bits per heavy atom. The summed E-state index contributed by atoms with van der Waals surface area (Å²) in [4.78, 5) is 11.9. The van der Waals surface area contributed by atoms with E-state index in [0.717, 1.165) is 16.2 Å². The van der Waals surface area contributed by atoms with Crippen molar-refractivity contribution in [3.63, 3.8) is 0 Å². The Balaban J connectivity index is 2.69. The van der Waals surface area contributed by atoms with Crippen LogP contribution in [-0.4, -0.2) is 0 Å². The topological polar surface area (TPSA) is 30.2 Å². The zero-order chi connectivity index (χ0) is 12.9. The standard InChI is InChI=1S/C16H14O2/c1-9(2)11-7-8-14-15-12(5-4-6-13(11)15)10(3)18-16(14)17/h4-9H,3H2,1-2H3. The summed E-state index contributed by atoms with van der Waals surface area (Å²) in [6.45, 7) is 8.13. The van der Waals surface area contributed by atoms with Gasteiger partial charge in [-0.05, 0) is 22.9 Å². The predicted molar refractivity (Wildman–Crippen MR) is 74.8 cm³/mol. The van der Waals surface area contributed by atoms with E-state index >= 15 is 0 Å². The van der Waals surface area contributed by atoms with Crippen LogP contribution in [0.1, 0.15) is 25.3 Å². The second-order valence-corrected chi connectivity index (χ2v) is 4.90. The van der Waals surface area contributed by atoms with E-state index in [1.54, 1.807) is 0 Å². The predicted octanol–water partition coefficient (Wildman–Crippen LogP) is 3.20. The molecular formula is C16H14O2. The fraction of sp³-hybridized carbons (Fsp3) is 0.188. The highest BCUT2D eigenvalue weighted by Crippen LogP contribution is 2.29. The molecule has 0 saturated carbocycles. The molecule has 2 heteroatoms. The van der Waals surface area contributed by atoms with Gasteiger partial charge < -0.3 is 4.42 Å². The molecule has 18 heavy (non-hydrogen) atoms. The Morgan fingerprint density at radius 1 is 1.06 bits per heavy atom. The third-order valence-electron chi connectivity index (χ3n) is 3.43. The van der Waals surface area contributed by atoms with Gasteiger partial charge in [-0.1, -0.05) is 44.7 Å². The van der Waals surface area contributed by atoms with Gasteiger partial charge in [0.15, 0.2) is 0 Å². The Labute approximate surface area is 105 Å². The maximum absolute atomic E-state index is 11.9. The van der Waals surface area contributed by atoms with Gasteiger partial charge in [0.25, 0.3) is 0 Å². The van der Waals surface area contributed by atoms with Crippen molar-refractivity contribution in [3.8, 4) is 0 Å². The molecule has 1 heterocycles. The molecule has 0 aliphatic carbocycles. The lowest BCUT2D eigenvalue weighted by molar-refractivity contribution is 0.494. The van der Waals surface area contributed by atoms with Crippen LogP contribution >= 0.6 is 0 Å². The number of benzene rings is 2. The van der Waals surface area contributed by atoms with Crippen molar-refractivity contribution in [2.45, 2.75) is 19.8 Å². The Morgan fingerprint density at radius 2 is 1.78 bits per heavy atom. The van der Waals surface area contributed by atoms with Crippen LogP contribution in [0.4, 0.5) is 0 Å². The smallest absolute Gasteiger partial charge is 0.344 e. The molecule has 0 bridgehead atoms. The van der Waals surface area contributed by atoms with Crippen molar-refractivity contribution in [1.82, 2.24) is 0 Å². The fourth-order valence-electron chi connectivity index (χ4n) is 2.56. The average Bonchev–Trinajstić information content (AvgIpc) is 2.34. The van der Waals surface area contributed by atoms with Gasteiger partial charge in [-0.15, -0.1) is 0 Å². The Kier molecular flexibility index (Phi) is 2.27. The van der Waals surface area contributed by atoms with Crippen molar-refractivity contribution in [3.05, 3.63) is 51.7 Å². The molecule has 2 aromatic carbocycles. The van der Waals surface area contributed by atoms with Crippen molar-refractivity contribution < 1.29 is 4.42 Å². The first-order valence-corrected chi connectivity index (χ1v) is 6.06.